The minimum absolute atomic E-state index is 0.347. The van der Waals surface area contributed by atoms with Crippen molar-refractivity contribution in [1.82, 2.24) is 0 Å². The topological polar surface area (TPSA) is 17.1 Å². The summed E-state index contributed by atoms with van der Waals surface area (Å²) in [7, 11) is 0. The quantitative estimate of drug-likeness (QED) is 0.624. The van der Waals surface area contributed by atoms with Gasteiger partial charge in [0, 0.05) is 11.3 Å². The largest absolute Gasteiger partial charge is 0.295 e. The van der Waals surface area contributed by atoms with Gasteiger partial charge in [-0.15, -0.1) is 11.3 Å². The minimum atomic E-state index is 0.347. The molecule has 1 heterocycles. The standard InChI is InChI=1S/C11H12OS/c12-11-6-2-1-4-9(11)8-10-5-3-7-13-10/h3,5,7-8H,1-2,4,6H2/b9-8-. The fourth-order valence-electron chi connectivity index (χ4n) is 1.60. The lowest BCUT2D eigenvalue weighted by Gasteiger charge is -2.11. The van der Waals surface area contributed by atoms with Crippen molar-refractivity contribution < 1.29 is 4.79 Å². The molecule has 0 amide bonds. The molecule has 1 aliphatic carbocycles. The zero-order valence-corrected chi connectivity index (χ0v) is 8.27. The van der Waals surface area contributed by atoms with Crippen molar-refractivity contribution in [2.24, 2.45) is 0 Å². The predicted octanol–water partition coefficient (Wildman–Crippen LogP) is 3.27. The van der Waals surface area contributed by atoms with Crippen LogP contribution in [-0.4, -0.2) is 5.78 Å². The number of rotatable bonds is 1. The van der Waals surface area contributed by atoms with Crippen molar-refractivity contribution in [2.75, 3.05) is 0 Å². The summed E-state index contributed by atoms with van der Waals surface area (Å²) in [6.45, 7) is 0. The van der Waals surface area contributed by atoms with Crippen molar-refractivity contribution in [3.05, 3.63) is 28.0 Å². The third-order valence-corrected chi connectivity index (χ3v) is 3.14. The molecule has 0 unspecified atom stereocenters. The number of hydrogen-bond donors (Lipinski definition) is 0. The molecule has 0 N–H and O–H groups in total. The van der Waals surface area contributed by atoms with Crippen LogP contribution < -0.4 is 0 Å². The zero-order valence-electron chi connectivity index (χ0n) is 7.45. The number of thiophene rings is 1. The first-order valence-electron chi connectivity index (χ1n) is 4.63. The lowest BCUT2D eigenvalue weighted by Crippen LogP contribution is -2.07. The summed E-state index contributed by atoms with van der Waals surface area (Å²) in [6, 6.07) is 4.07. The lowest BCUT2D eigenvalue weighted by molar-refractivity contribution is -0.116. The molecule has 0 aromatic carbocycles. The van der Waals surface area contributed by atoms with Crippen LogP contribution in [0.15, 0.2) is 23.1 Å². The monoisotopic (exact) mass is 192 g/mol. The molecule has 1 aliphatic rings. The summed E-state index contributed by atoms with van der Waals surface area (Å²) in [4.78, 5) is 12.7. The normalized spacial score (nSPS) is 20.9. The Kier molecular flexibility index (Phi) is 2.60. The zero-order chi connectivity index (χ0) is 9.10. The average molecular weight is 192 g/mol. The van der Waals surface area contributed by atoms with E-state index in [1.165, 1.54) is 11.3 Å². The highest BCUT2D eigenvalue weighted by molar-refractivity contribution is 7.10. The molecular weight excluding hydrogens is 180 g/mol. The molecule has 1 aromatic rings. The SMILES string of the molecule is O=C1CCCC/C1=C/c1cccs1. The highest BCUT2D eigenvalue weighted by Gasteiger charge is 2.14. The van der Waals surface area contributed by atoms with E-state index in [0.29, 0.717) is 5.78 Å². The van der Waals surface area contributed by atoms with Gasteiger partial charge in [-0.1, -0.05) is 6.07 Å². The van der Waals surface area contributed by atoms with Crippen LogP contribution in [0.2, 0.25) is 0 Å². The molecule has 1 saturated carbocycles. The Morgan fingerprint density at radius 1 is 1.31 bits per heavy atom. The highest BCUT2D eigenvalue weighted by atomic mass is 32.1. The van der Waals surface area contributed by atoms with Gasteiger partial charge >= 0.3 is 0 Å². The van der Waals surface area contributed by atoms with Gasteiger partial charge in [0.2, 0.25) is 0 Å². The van der Waals surface area contributed by atoms with E-state index in [-0.39, 0.29) is 0 Å². The lowest BCUT2D eigenvalue weighted by atomic mass is 9.93. The van der Waals surface area contributed by atoms with Crippen LogP contribution >= 0.6 is 11.3 Å². The molecule has 0 atom stereocenters. The second kappa shape index (κ2) is 3.88. The molecule has 13 heavy (non-hydrogen) atoms. The molecule has 0 saturated heterocycles. The minimum Gasteiger partial charge on any atom is -0.295 e. The summed E-state index contributed by atoms with van der Waals surface area (Å²) in [6.07, 6.45) is 6.00. The molecule has 0 aliphatic heterocycles. The van der Waals surface area contributed by atoms with Gasteiger partial charge in [0.05, 0.1) is 0 Å². The molecule has 0 bridgehead atoms. The van der Waals surface area contributed by atoms with E-state index in [9.17, 15) is 4.79 Å². The Bertz CT molecular complexity index is 322. The highest BCUT2D eigenvalue weighted by Crippen LogP contribution is 2.23. The van der Waals surface area contributed by atoms with Gasteiger partial charge in [-0.3, -0.25) is 4.79 Å². The second-order valence-electron chi connectivity index (χ2n) is 3.32. The number of carbonyl (C=O) groups is 1. The fraction of sp³-hybridized carbons (Fsp3) is 0.364. The smallest absolute Gasteiger partial charge is 0.158 e. The molecule has 0 radical (unpaired) electrons. The van der Waals surface area contributed by atoms with Gasteiger partial charge in [-0.05, 0) is 42.4 Å². The van der Waals surface area contributed by atoms with E-state index < -0.39 is 0 Å². The van der Waals surface area contributed by atoms with E-state index in [1.54, 1.807) is 11.3 Å². The third-order valence-electron chi connectivity index (χ3n) is 2.32. The number of allylic oxidation sites excluding steroid dienone is 1. The van der Waals surface area contributed by atoms with Gasteiger partial charge < -0.3 is 0 Å². The summed E-state index contributed by atoms with van der Waals surface area (Å²) in [5.41, 5.74) is 1.02. The maximum atomic E-state index is 11.5. The second-order valence-corrected chi connectivity index (χ2v) is 4.29. The van der Waals surface area contributed by atoms with Crippen LogP contribution in [-0.2, 0) is 4.79 Å². The number of carbonyl (C=O) groups excluding carboxylic acids is 1. The summed E-state index contributed by atoms with van der Waals surface area (Å²) >= 11 is 1.69. The van der Waals surface area contributed by atoms with Gasteiger partial charge in [-0.25, -0.2) is 0 Å². The van der Waals surface area contributed by atoms with Crippen molar-refractivity contribution >= 4 is 23.2 Å². The first kappa shape index (κ1) is 8.70. The van der Waals surface area contributed by atoms with Gasteiger partial charge in [0.25, 0.3) is 0 Å². The van der Waals surface area contributed by atoms with Crippen LogP contribution in [0.25, 0.3) is 6.08 Å². The Balaban J connectivity index is 2.19. The van der Waals surface area contributed by atoms with Crippen LogP contribution in [0.1, 0.15) is 30.6 Å². The van der Waals surface area contributed by atoms with Crippen molar-refractivity contribution in [2.45, 2.75) is 25.7 Å². The number of Topliss-reactive ketones (excluding diaryl/α,β-unsaturated/α-hetero) is 1. The maximum Gasteiger partial charge on any atom is 0.158 e. The Labute approximate surface area is 82.1 Å². The summed E-state index contributed by atoms with van der Waals surface area (Å²) in [5, 5.41) is 2.04. The third kappa shape index (κ3) is 2.07. The van der Waals surface area contributed by atoms with Gasteiger partial charge in [0.15, 0.2) is 5.78 Å². The molecule has 1 aromatic heterocycles. The van der Waals surface area contributed by atoms with Gasteiger partial charge in [0.1, 0.15) is 0 Å². The van der Waals surface area contributed by atoms with Crippen molar-refractivity contribution in [3.8, 4) is 0 Å². The van der Waals surface area contributed by atoms with E-state index in [4.69, 9.17) is 0 Å². The number of ketones is 1. The van der Waals surface area contributed by atoms with Crippen LogP contribution in [0, 0.1) is 0 Å². The molecule has 1 nitrogen and oxygen atoms in total. The van der Waals surface area contributed by atoms with Crippen LogP contribution in [0.3, 0.4) is 0 Å². The Morgan fingerprint density at radius 3 is 2.85 bits per heavy atom. The molecule has 1 fully saturated rings. The maximum absolute atomic E-state index is 11.5. The Morgan fingerprint density at radius 2 is 2.15 bits per heavy atom. The van der Waals surface area contributed by atoms with E-state index >= 15 is 0 Å². The molecule has 68 valence electrons. The van der Waals surface area contributed by atoms with Crippen LogP contribution in [0.4, 0.5) is 0 Å². The first-order valence-corrected chi connectivity index (χ1v) is 5.51. The molecule has 2 heteroatoms. The molecular formula is C11H12OS. The van der Waals surface area contributed by atoms with Crippen LogP contribution in [0.5, 0.6) is 0 Å². The van der Waals surface area contributed by atoms with Gasteiger partial charge in [-0.2, -0.15) is 0 Å². The first-order chi connectivity index (χ1) is 6.36. The summed E-state index contributed by atoms with van der Waals surface area (Å²) < 4.78 is 0. The number of hydrogen-bond acceptors (Lipinski definition) is 2. The summed E-state index contributed by atoms with van der Waals surface area (Å²) in [5.74, 6) is 0.347. The van der Waals surface area contributed by atoms with E-state index in [0.717, 1.165) is 24.8 Å². The average Bonchev–Trinajstić information content (AvgIpc) is 2.61. The predicted molar refractivity (Wildman–Crippen MR) is 55.8 cm³/mol. The fourth-order valence-corrected chi connectivity index (χ4v) is 2.28. The van der Waals surface area contributed by atoms with Crippen molar-refractivity contribution in [1.29, 1.82) is 0 Å². The van der Waals surface area contributed by atoms with Crippen molar-refractivity contribution in [3.63, 3.8) is 0 Å². The Hall–Kier alpha value is -0.890. The molecule has 2 rings (SSSR count). The molecule has 0 spiro atoms. The van der Waals surface area contributed by atoms with E-state index in [1.807, 2.05) is 17.5 Å². The van der Waals surface area contributed by atoms with E-state index in [2.05, 4.69) is 6.07 Å².